The third-order valence-corrected chi connectivity index (χ3v) is 2.72. The fourth-order valence-corrected chi connectivity index (χ4v) is 1.81. The fourth-order valence-electron chi connectivity index (χ4n) is 1.81. The highest BCUT2D eigenvalue weighted by Crippen LogP contribution is 2.32. The second kappa shape index (κ2) is 3.39. The number of hydrogen-bond acceptors (Lipinski definition) is 6. The largest absolute Gasteiger partial charge is 0.394 e. The Balaban J connectivity index is 1.97. The summed E-state index contributed by atoms with van der Waals surface area (Å²) in [4.78, 5) is 12.1. The van der Waals surface area contributed by atoms with E-state index in [1.165, 1.54) is 6.33 Å². The molecule has 1 saturated heterocycles. The monoisotopic (exact) mass is 221 g/mol. The predicted octanol–water partition coefficient (Wildman–Crippen LogP) is -0.312. The second-order valence-electron chi connectivity index (χ2n) is 3.71. The van der Waals surface area contributed by atoms with Crippen LogP contribution in [-0.4, -0.2) is 37.3 Å². The quantitative estimate of drug-likeness (QED) is 0.721. The first-order valence-electron chi connectivity index (χ1n) is 4.99. The summed E-state index contributed by atoms with van der Waals surface area (Å²) in [6.07, 6.45) is 3.59. The van der Waals surface area contributed by atoms with Gasteiger partial charge in [0, 0.05) is 6.42 Å². The van der Waals surface area contributed by atoms with Gasteiger partial charge in [-0.1, -0.05) is 0 Å². The second-order valence-corrected chi connectivity index (χ2v) is 3.71. The van der Waals surface area contributed by atoms with Crippen LogP contribution in [-0.2, 0) is 4.74 Å². The lowest BCUT2D eigenvalue weighted by molar-refractivity contribution is -0.178. The van der Waals surface area contributed by atoms with Crippen LogP contribution in [0.4, 0.5) is 5.82 Å². The number of anilines is 1. The molecule has 0 radical (unpaired) electrons. The summed E-state index contributed by atoms with van der Waals surface area (Å²) < 4.78 is 7.26. The molecule has 0 bridgehead atoms. The molecule has 3 heterocycles. The number of nitrogen functional groups attached to an aromatic ring is 1. The number of aliphatic hydroxyl groups excluding tert-OH is 1. The molecule has 3 N–H and O–H groups in total. The summed E-state index contributed by atoms with van der Waals surface area (Å²) in [6.45, 7) is 0.0419. The first-order valence-corrected chi connectivity index (χ1v) is 4.99. The van der Waals surface area contributed by atoms with Crippen LogP contribution in [0.25, 0.3) is 11.2 Å². The van der Waals surface area contributed by atoms with Gasteiger partial charge in [-0.3, -0.25) is 4.57 Å². The molecule has 1 fully saturated rings. The van der Waals surface area contributed by atoms with E-state index < -0.39 is 0 Å². The number of fused-ring (bicyclic) bond motifs is 1. The van der Waals surface area contributed by atoms with Crippen molar-refractivity contribution in [2.24, 2.45) is 0 Å². The summed E-state index contributed by atoms with van der Waals surface area (Å²) in [6, 6.07) is 0. The smallest absolute Gasteiger partial charge is 0.167 e. The Morgan fingerprint density at radius 2 is 2.31 bits per heavy atom. The van der Waals surface area contributed by atoms with Gasteiger partial charge in [-0.05, 0) is 0 Å². The zero-order valence-corrected chi connectivity index (χ0v) is 8.45. The minimum atomic E-state index is -0.114. The zero-order chi connectivity index (χ0) is 11.1. The Morgan fingerprint density at radius 1 is 1.50 bits per heavy atom. The van der Waals surface area contributed by atoms with Crippen LogP contribution in [0.1, 0.15) is 12.6 Å². The molecule has 1 aliphatic heterocycles. The Hall–Kier alpha value is -1.73. The summed E-state index contributed by atoms with van der Waals surface area (Å²) in [7, 11) is 0. The average Bonchev–Trinajstić information content (AvgIpc) is 2.62. The molecule has 0 saturated carbocycles. The molecule has 0 amide bonds. The number of hydrogen-bond donors (Lipinski definition) is 2. The SMILES string of the molecule is Nc1ncnc2c1ncn2C1CC(CO)O1. The van der Waals surface area contributed by atoms with Crippen molar-refractivity contribution in [3.05, 3.63) is 12.7 Å². The van der Waals surface area contributed by atoms with E-state index >= 15 is 0 Å². The highest BCUT2D eigenvalue weighted by Gasteiger charge is 2.32. The summed E-state index contributed by atoms with van der Waals surface area (Å²) in [5, 5.41) is 8.86. The van der Waals surface area contributed by atoms with Gasteiger partial charge in [0.05, 0.1) is 19.0 Å². The van der Waals surface area contributed by atoms with Crippen molar-refractivity contribution in [1.82, 2.24) is 19.5 Å². The number of nitrogens with zero attached hydrogens (tertiary/aromatic N) is 4. The highest BCUT2D eigenvalue weighted by atomic mass is 16.5. The van der Waals surface area contributed by atoms with Crippen molar-refractivity contribution < 1.29 is 9.84 Å². The lowest BCUT2D eigenvalue weighted by Gasteiger charge is -2.35. The number of imidazole rings is 1. The van der Waals surface area contributed by atoms with Crippen LogP contribution in [0, 0.1) is 0 Å². The molecule has 2 aromatic rings. The molecule has 2 atom stereocenters. The van der Waals surface area contributed by atoms with Crippen LogP contribution in [0.15, 0.2) is 12.7 Å². The van der Waals surface area contributed by atoms with Crippen LogP contribution >= 0.6 is 0 Å². The van der Waals surface area contributed by atoms with E-state index in [1.54, 1.807) is 10.9 Å². The molecule has 7 nitrogen and oxygen atoms in total. The average molecular weight is 221 g/mol. The van der Waals surface area contributed by atoms with Gasteiger partial charge >= 0.3 is 0 Å². The van der Waals surface area contributed by atoms with Crippen LogP contribution in [0.5, 0.6) is 0 Å². The Bertz CT molecular complexity index is 520. The van der Waals surface area contributed by atoms with E-state index in [-0.39, 0.29) is 18.9 Å². The maximum atomic E-state index is 8.86. The predicted molar refractivity (Wildman–Crippen MR) is 55.3 cm³/mol. The van der Waals surface area contributed by atoms with Crippen molar-refractivity contribution in [3.63, 3.8) is 0 Å². The highest BCUT2D eigenvalue weighted by molar-refractivity contribution is 5.81. The van der Waals surface area contributed by atoms with E-state index in [0.717, 1.165) is 6.42 Å². The number of aliphatic hydroxyl groups is 1. The third-order valence-electron chi connectivity index (χ3n) is 2.72. The maximum Gasteiger partial charge on any atom is 0.167 e. The van der Waals surface area contributed by atoms with Crippen LogP contribution < -0.4 is 5.73 Å². The van der Waals surface area contributed by atoms with E-state index in [9.17, 15) is 0 Å². The minimum Gasteiger partial charge on any atom is -0.394 e. The molecule has 2 unspecified atom stereocenters. The van der Waals surface area contributed by atoms with Gasteiger partial charge in [0.2, 0.25) is 0 Å². The number of aromatic nitrogens is 4. The van der Waals surface area contributed by atoms with Gasteiger partial charge in [-0.15, -0.1) is 0 Å². The Labute approximate surface area is 90.9 Å². The van der Waals surface area contributed by atoms with E-state index in [1.807, 2.05) is 0 Å². The molecule has 0 spiro atoms. The summed E-state index contributed by atoms with van der Waals surface area (Å²) in [5.74, 6) is 0.363. The van der Waals surface area contributed by atoms with Crippen molar-refractivity contribution >= 4 is 17.0 Å². The molecule has 2 aromatic heterocycles. The van der Waals surface area contributed by atoms with Gasteiger partial charge in [0.15, 0.2) is 11.5 Å². The number of rotatable bonds is 2. The third kappa shape index (κ3) is 1.25. The minimum absolute atomic E-state index is 0.0419. The normalized spacial score (nSPS) is 24.6. The Kier molecular flexibility index (Phi) is 2.01. The lowest BCUT2D eigenvalue weighted by Crippen LogP contribution is -2.36. The fraction of sp³-hybridized carbons (Fsp3) is 0.444. The molecule has 16 heavy (non-hydrogen) atoms. The molecule has 7 heteroatoms. The standard InChI is InChI=1S/C9H11N5O2/c10-8-7-9(12-3-11-8)14(4-13-7)6-1-5(2-15)16-6/h3-6,15H,1-2H2,(H2,10,11,12). The van der Waals surface area contributed by atoms with E-state index in [4.69, 9.17) is 15.6 Å². The van der Waals surface area contributed by atoms with Crippen LogP contribution in [0.3, 0.4) is 0 Å². The van der Waals surface area contributed by atoms with Crippen LogP contribution in [0.2, 0.25) is 0 Å². The van der Waals surface area contributed by atoms with Gasteiger partial charge in [0.25, 0.3) is 0 Å². The first kappa shape index (κ1) is 9.49. The molecule has 1 aliphatic rings. The molecule has 0 aliphatic carbocycles. The van der Waals surface area contributed by atoms with Gasteiger partial charge in [-0.25, -0.2) is 15.0 Å². The number of nitrogens with two attached hydrogens (primary N) is 1. The van der Waals surface area contributed by atoms with E-state index in [0.29, 0.717) is 17.0 Å². The maximum absolute atomic E-state index is 8.86. The zero-order valence-electron chi connectivity index (χ0n) is 8.45. The van der Waals surface area contributed by atoms with Gasteiger partial charge in [0.1, 0.15) is 18.1 Å². The topological polar surface area (TPSA) is 99.1 Å². The number of ether oxygens (including phenoxy) is 1. The van der Waals surface area contributed by atoms with Crippen molar-refractivity contribution in [2.45, 2.75) is 18.8 Å². The Morgan fingerprint density at radius 3 is 3.06 bits per heavy atom. The summed E-state index contributed by atoms with van der Waals surface area (Å²) in [5.41, 5.74) is 6.92. The molecule has 3 rings (SSSR count). The van der Waals surface area contributed by atoms with Crippen molar-refractivity contribution in [1.29, 1.82) is 0 Å². The lowest BCUT2D eigenvalue weighted by atomic mass is 10.1. The van der Waals surface area contributed by atoms with E-state index in [2.05, 4.69) is 15.0 Å². The molecular weight excluding hydrogens is 210 g/mol. The van der Waals surface area contributed by atoms with Crippen molar-refractivity contribution in [2.75, 3.05) is 12.3 Å². The first-order chi connectivity index (χ1) is 7.79. The molecular formula is C9H11N5O2. The van der Waals surface area contributed by atoms with Crippen molar-refractivity contribution in [3.8, 4) is 0 Å². The van der Waals surface area contributed by atoms with Gasteiger partial charge < -0.3 is 15.6 Å². The summed E-state index contributed by atoms with van der Waals surface area (Å²) >= 11 is 0. The molecule has 0 aromatic carbocycles. The van der Waals surface area contributed by atoms with Gasteiger partial charge in [-0.2, -0.15) is 0 Å². The molecule has 84 valence electrons.